The zero-order valence-electron chi connectivity index (χ0n) is 33.0. The smallest absolute Gasteiger partial charge is 0.238 e. The Bertz CT molecular complexity index is 4130. The highest BCUT2D eigenvalue weighted by molar-refractivity contribution is 7.25. The van der Waals surface area contributed by atoms with Crippen LogP contribution in [0.3, 0.4) is 0 Å². The Balaban J connectivity index is 1.10. The summed E-state index contributed by atoms with van der Waals surface area (Å²) in [6.45, 7) is 0. The molecule has 0 fully saturated rings. The van der Waals surface area contributed by atoms with Crippen LogP contribution in [0.2, 0.25) is 0 Å². The molecule has 5 heterocycles. The first-order valence-electron chi connectivity index (χ1n) is 20.8. The van der Waals surface area contributed by atoms with E-state index < -0.39 is 0 Å². The fourth-order valence-corrected chi connectivity index (χ4v) is 11.0. The van der Waals surface area contributed by atoms with Crippen LogP contribution in [0.1, 0.15) is 0 Å². The van der Waals surface area contributed by atoms with Gasteiger partial charge in [0.25, 0.3) is 0 Å². The van der Waals surface area contributed by atoms with E-state index in [-0.39, 0.29) is 0 Å². The Hall–Kier alpha value is -8.13. The Labute approximate surface area is 357 Å². The van der Waals surface area contributed by atoms with Crippen LogP contribution in [0.4, 0.5) is 0 Å². The van der Waals surface area contributed by atoms with E-state index in [0.29, 0.717) is 17.6 Å². The number of para-hydroxylation sites is 4. The zero-order valence-corrected chi connectivity index (χ0v) is 33.8. The summed E-state index contributed by atoms with van der Waals surface area (Å²) < 4.78 is 14.0. The van der Waals surface area contributed by atoms with Gasteiger partial charge in [0.1, 0.15) is 11.2 Å². The number of aromatic nitrogens is 5. The molecule has 0 amide bonds. The summed E-state index contributed by atoms with van der Waals surface area (Å²) >= 11 is 1.79. The maximum Gasteiger partial charge on any atom is 0.238 e. The third-order valence-electron chi connectivity index (χ3n) is 12.6. The molecule has 0 atom stereocenters. The van der Waals surface area contributed by atoms with Gasteiger partial charge in [0, 0.05) is 52.7 Å². The molecule has 62 heavy (non-hydrogen) atoms. The summed E-state index contributed by atoms with van der Waals surface area (Å²) in [5.41, 5.74) is 8.62. The summed E-state index contributed by atoms with van der Waals surface area (Å²) in [6, 6.07) is 66.6. The van der Waals surface area contributed by atoms with E-state index in [1.54, 1.807) is 11.3 Å². The largest absolute Gasteiger partial charge is 0.455 e. The molecule has 0 unspecified atom stereocenters. The third kappa shape index (κ3) is 4.71. The molecule has 0 saturated heterocycles. The van der Waals surface area contributed by atoms with Gasteiger partial charge < -0.3 is 8.98 Å². The van der Waals surface area contributed by atoms with Crippen molar-refractivity contribution in [3.05, 3.63) is 188 Å². The van der Waals surface area contributed by atoms with Gasteiger partial charge in [0.15, 0.2) is 11.6 Å². The fourth-order valence-electron chi connectivity index (χ4n) is 9.89. The van der Waals surface area contributed by atoms with Crippen molar-refractivity contribution in [2.24, 2.45) is 0 Å². The second kappa shape index (κ2) is 12.7. The first-order valence-corrected chi connectivity index (χ1v) is 21.6. The van der Waals surface area contributed by atoms with Gasteiger partial charge in [-0.15, -0.1) is 11.3 Å². The van der Waals surface area contributed by atoms with Crippen LogP contribution < -0.4 is 0 Å². The van der Waals surface area contributed by atoms with Gasteiger partial charge in [-0.1, -0.05) is 127 Å². The summed E-state index contributed by atoms with van der Waals surface area (Å²) in [5, 5.41) is 11.4. The molecule has 0 aliphatic heterocycles. The second-order valence-corrected chi connectivity index (χ2v) is 17.0. The second-order valence-electron chi connectivity index (χ2n) is 15.9. The Morgan fingerprint density at radius 1 is 0.387 bits per heavy atom. The topological polar surface area (TPSA) is 61.7 Å². The molecule has 0 aliphatic carbocycles. The predicted molar refractivity (Wildman–Crippen MR) is 257 cm³/mol. The molecule has 0 aliphatic rings. The van der Waals surface area contributed by atoms with Crippen LogP contribution in [-0.2, 0) is 0 Å². The Morgan fingerprint density at radius 3 is 1.73 bits per heavy atom. The number of thiophene rings is 1. The minimum absolute atomic E-state index is 0.534. The van der Waals surface area contributed by atoms with Crippen molar-refractivity contribution < 1.29 is 4.42 Å². The molecule has 9 aromatic carbocycles. The van der Waals surface area contributed by atoms with Gasteiger partial charge in [0.05, 0.1) is 38.7 Å². The summed E-state index contributed by atoms with van der Waals surface area (Å²) in [6.07, 6.45) is 0. The van der Waals surface area contributed by atoms with Crippen molar-refractivity contribution in [3.8, 4) is 34.4 Å². The van der Waals surface area contributed by atoms with Crippen molar-refractivity contribution in [3.63, 3.8) is 0 Å². The molecule has 0 spiro atoms. The van der Waals surface area contributed by atoms with Gasteiger partial charge in [-0.3, -0.25) is 4.57 Å². The molecule has 5 aromatic heterocycles. The van der Waals surface area contributed by atoms with Gasteiger partial charge in [-0.25, -0.2) is 4.98 Å². The van der Waals surface area contributed by atoms with Crippen LogP contribution in [0.5, 0.6) is 0 Å². The average molecular weight is 810 g/mol. The van der Waals surface area contributed by atoms with E-state index >= 15 is 0 Å². The highest BCUT2D eigenvalue weighted by atomic mass is 32.1. The zero-order chi connectivity index (χ0) is 40.5. The van der Waals surface area contributed by atoms with Gasteiger partial charge >= 0.3 is 0 Å². The van der Waals surface area contributed by atoms with E-state index in [2.05, 4.69) is 185 Å². The predicted octanol–water partition coefficient (Wildman–Crippen LogP) is 14.8. The number of furan rings is 1. The lowest BCUT2D eigenvalue weighted by atomic mass is 10.0. The average Bonchev–Trinajstić information content (AvgIpc) is 4.08. The third-order valence-corrected chi connectivity index (χ3v) is 13.7. The number of hydrogen-bond acceptors (Lipinski definition) is 5. The van der Waals surface area contributed by atoms with Gasteiger partial charge in [-0.2, -0.15) is 9.97 Å². The summed E-state index contributed by atoms with van der Waals surface area (Å²) in [5.74, 6) is 1.68. The lowest BCUT2D eigenvalue weighted by Crippen LogP contribution is -2.07. The monoisotopic (exact) mass is 809 g/mol. The van der Waals surface area contributed by atoms with E-state index in [1.807, 2.05) is 12.1 Å². The van der Waals surface area contributed by atoms with Crippen molar-refractivity contribution in [2.45, 2.75) is 0 Å². The summed E-state index contributed by atoms with van der Waals surface area (Å²) in [7, 11) is 0. The van der Waals surface area contributed by atoms with Crippen molar-refractivity contribution in [1.29, 1.82) is 0 Å². The van der Waals surface area contributed by atoms with Gasteiger partial charge in [0.2, 0.25) is 5.95 Å². The van der Waals surface area contributed by atoms with Crippen LogP contribution >= 0.6 is 11.3 Å². The Morgan fingerprint density at radius 2 is 0.968 bits per heavy atom. The van der Waals surface area contributed by atoms with Gasteiger partial charge in [-0.05, 0) is 71.4 Å². The molecule has 0 N–H and O–H groups in total. The molecule has 14 aromatic rings. The van der Waals surface area contributed by atoms with Crippen LogP contribution in [0, 0.1) is 0 Å². The minimum Gasteiger partial charge on any atom is -0.455 e. The van der Waals surface area contributed by atoms with Crippen LogP contribution in [0.15, 0.2) is 192 Å². The maximum atomic E-state index is 6.98. The molecule has 14 rings (SSSR count). The molecular formula is C55H31N5OS. The number of fused-ring (bicyclic) bond motifs is 13. The number of rotatable bonds is 4. The normalized spacial score (nSPS) is 12.2. The maximum absolute atomic E-state index is 6.98. The van der Waals surface area contributed by atoms with Crippen LogP contribution in [0.25, 0.3) is 131 Å². The van der Waals surface area contributed by atoms with Crippen molar-refractivity contribution >= 4 is 108 Å². The SMILES string of the molecule is c1ccc2cc3c(cc2c1)c1ccccc1n3-c1ccc(-c2nc(-c3cccc4sc5ccccc5c34)nc(-n3c4ccccc4c4ccccc43)n2)c2oc3ccccc3c12. The Kier molecular flexibility index (Phi) is 6.89. The van der Waals surface area contributed by atoms with Crippen molar-refractivity contribution in [2.75, 3.05) is 0 Å². The first kappa shape index (κ1) is 33.7. The fraction of sp³-hybridized carbons (Fsp3) is 0. The molecule has 6 nitrogen and oxygen atoms in total. The number of hydrogen-bond donors (Lipinski definition) is 0. The van der Waals surface area contributed by atoms with E-state index in [4.69, 9.17) is 19.4 Å². The molecule has 0 bridgehead atoms. The molecule has 0 saturated carbocycles. The van der Waals surface area contributed by atoms with Crippen LogP contribution in [-0.4, -0.2) is 24.1 Å². The van der Waals surface area contributed by atoms with E-state index in [1.165, 1.54) is 36.3 Å². The first-order chi connectivity index (χ1) is 30.7. The quantitative estimate of drug-likeness (QED) is 0.178. The molecule has 288 valence electrons. The highest BCUT2D eigenvalue weighted by Crippen LogP contribution is 2.44. The summed E-state index contributed by atoms with van der Waals surface area (Å²) in [4.78, 5) is 16.2. The lowest BCUT2D eigenvalue weighted by molar-refractivity contribution is 0.669. The molecular weight excluding hydrogens is 779 g/mol. The van der Waals surface area contributed by atoms with E-state index in [0.717, 1.165) is 77.0 Å². The minimum atomic E-state index is 0.534. The molecule has 7 heteroatoms. The lowest BCUT2D eigenvalue weighted by Gasteiger charge is -2.14. The number of benzene rings is 9. The standard InChI is InChI=1S/C55H31N5OS/c1-2-15-33-31-46-41(30-32(33)14-1)36-18-5-8-22-42(36)59(46)45-29-28-40(52-51(45)37-19-6-11-25-47(37)61-52)54-56-53(39-21-13-27-49-50(39)38-20-7-12-26-48(38)62-49)57-55(58-54)60-43-23-9-3-16-34(43)35-17-4-10-24-44(35)60/h1-31H. The molecule has 0 radical (unpaired) electrons. The number of nitrogens with zero attached hydrogens (tertiary/aromatic N) is 5. The highest BCUT2D eigenvalue weighted by Gasteiger charge is 2.25. The van der Waals surface area contributed by atoms with E-state index in [9.17, 15) is 0 Å². The van der Waals surface area contributed by atoms with Crippen molar-refractivity contribution in [1.82, 2.24) is 24.1 Å².